The quantitative estimate of drug-likeness (QED) is 0.0732. The molecule has 0 spiro atoms. The maximum absolute atomic E-state index is 13.1. The Bertz CT molecular complexity index is 1380. The van der Waals surface area contributed by atoms with Gasteiger partial charge in [-0.05, 0) is 59.7 Å². The SMILES string of the molecule is CCC(=O)Nc1cc(NC(=O)CC)cc(C(=O)CCCOCCCC(=O)c2cc(NC(=O)CSC(C)C)cc(NC(=O)CSC(C)C)c2)c1. The zero-order valence-electron chi connectivity index (χ0n) is 29.4. The molecule has 0 radical (unpaired) electrons. The van der Waals surface area contributed by atoms with Gasteiger partial charge < -0.3 is 26.0 Å². The van der Waals surface area contributed by atoms with Gasteiger partial charge in [0, 0.05) is 72.8 Å². The van der Waals surface area contributed by atoms with E-state index < -0.39 is 0 Å². The molecule has 0 atom stereocenters. The summed E-state index contributed by atoms with van der Waals surface area (Å²) in [5.41, 5.74) is 2.48. The predicted molar refractivity (Wildman–Crippen MR) is 201 cm³/mol. The second-order valence-electron chi connectivity index (χ2n) is 11.9. The second kappa shape index (κ2) is 22.1. The molecule has 0 aliphatic rings. The topological polar surface area (TPSA) is 160 Å². The van der Waals surface area contributed by atoms with Crippen molar-refractivity contribution in [2.75, 3.05) is 46.0 Å². The monoisotopic (exact) mass is 714 g/mol. The van der Waals surface area contributed by atoms with E-state index in [9.17, 15) is 28.8 Å². The summed E-state index contributed by atoms with van der Waals surface area (Å²) in [5, 5.41) is 11.7. The summed E-state index contributed by atoms with van der Waals surface area (Å²) < 4.78 is 5.70. The summed E-state index contributed by atoms with van der Waals surface area (Å²) in [6.07, 6.45) is 1.84. The highest BCUT2D eigenvalue weighted by atomic mass is 32.2. The average Bonchev–Trinajstić information content (AvgIpc) is 3.05. The lowest BCUT2D eigenvalue weighted by Gasteiger charge is -2.13. The van der Waals surface area contributed by atoms with Gasteiger partial charge in [-0.25, -0.2) is 0 Å². The number of ketones is 2. The minimum atomic E-state index is -0.205. The maximum Gasteiger partial charge on any atom is 0.234 e. The van der Waals surface area contributed by atoms with E-state index in [-0.39, 0.29) is 72.4 Å². The molecule has 11 nitrogen and oxygen atoms in total. The van der Waals surface area contributed by atoms with Crippen LogP contribution >= 0.6 is 23.5 Å². The fourth-order valence-electron chi connectivity index (χ4n) is 4.30. The molecular weight excluding hydrogens is 665 g/mol. The summed E-state index contributed by atoms with van der Waals surface area (Å²) in [7, 11) is 0. The van der Waals surface area contributed by atoms with Gasteiger partial charge in [0.2, 0.25) is 23.6 Å². The molecule has 4 N–H and O–H groups in total. The average molecular weight is 715 g/mol. The number of hydrogen-bond acceptors (Lipinski definition) is 9. The van der Waals surface area contributed by atoms with E-state index in [1.165, 1.54) is 23.5 Å². The van der Waals surface area contributed by atoms with Crippen LogP contribution in [-0.2, 0) is 23.9 Å². The minimum Gasteiger partial charge on any atom is -0.381 e. The van der Waals surface area contributed by atoms with Gasteiger partial charge in [-0.2, -0.15) is 0 Å². The Labute approximate surface area is 298 Å². The first-order valence-corrected chi connectivity index (χ1v) is 18.8. The standard InChI is InChI=1S/C36H50N4O7S2/c1-7-33(43)37-27-15-25(16-28(19-27)38-34(44)8-2)31(41)11-9-13-47-14-10-12-32(42)26-17-29(39-35(45)21-48-23(3)4)20-30(18-26)40-36(46)22-49-24(5)6/h15-20,23-24H,7-14,21-22H2,1-6H3,(H,37,43)(H,38,44)(H,39,45)(H,40,46). The number of benzene rings is 2. The van der Waals surface area contributed by atoms with E-state index in [4.69, 9.17) is 4.74 Å². The summed E-state index contributed by atoms with van der Waals surface area (Å²) in [6, 6.07) is 9.69. The first-order chi connectivity index (χ1) is 23.3. The van der Waals surface area contributed by atoms with Crippen LogP contribution in [0.15, 0.2) is 36.4 Å². The molecule has 0 fully saturated rings. The van der Waals surface area contributed by atoms with Gasteiger partial charge in [0.25, 0.3) is 0 Å². The Balaban J connectivity index is 1.93. The third-order valence-electron chi connectivity index (χ3n) is 6.77. The van der Waals surface area contributed by atoms with E-state index in [0.29, 0.717) is 70.4 Å². The van der Waals surface area contributed by atoms with Crippen molar-refractivity contribution in [3.05, 3.63) is 47.5 Å². The van der Waals surface area contributed by atoms with E-state index in [1.54, 1.807) is 50.2 Å². The minimum absolute atomic E-state index is 0.153. The van der Waals surface area contributed by atoms with Crippen LogP contribution in [0.25, 0.3) is 0 Å². The van der Waals surface area contributed by atoms with Crippen LogP contribution in [-0.4, -0.2) is 70.4 Å². The van der Waals surface area contributed by atoms with Crippen molar-refractivity contribution in [2.24, 2.45) is 0 Å². The molecule has 0 saturated carbocycles. The maximum atomic E-state index is 13.1. The lowest BCUT2D eigenvalue weighted by molar-refractivity contribution is -0.116. The van der Waals surface area contributed by atoms with Crippen molar-refractivity contribution in [1.29, 1.82) is 0 Å². The van der Waals surface area contributed by atoms with Crippen molar-refractivity contribution >= 4 is 81.5 Å². The molecule has 49 heavy (non-hydrogen) atoms. The molecule has 0 unspecified atom stereocenters. The number of carbonyl (C=O) groups is 6. The summed E-state index contributed by atoms with van der Waals surface area (Å²) >= 11 is 3.01. The highest BCUT2D eigenvalue weighted by Gasteiger charge is 2.15. The van der Waals surface area contributed by atoms with Crippen LogP contribution in [0.1, 0.15) is 101 Å². The molecule has 4 amide bonds. The number of ether oxygens (including phenoxy) is 1. The van der Waals surface area contributed by atoms with Crippen molar-refractivity contribution < 1.29 is 33.5 Å². The Hall–Kier alpha value is -3.68. The molecule has 2 rings (SSSR count). The van der Waals surface area contributed by atoms with Gasteiger partial charge in [-0.15, -0.1) is 23.5 Å². The van der Waals surface area contributed by atoms with E-state index in [1.807, 2.05) is 27.7 Å². The number of anilines is 4. The molecule has 2 aromatic rings. The van der Waals surface area contributed by atoms with E-state index in [2.05, 4.69) is 21.3 Å². The molecule has 13 heteroatoms. The molecular formula is C36H50N4O7S2. The van der Waals surface area contributed by atoms with Crippen molar-refractivity contribution in [1.82, 2.24) is 0 Å². The van der Waals surface area contributed by atoms with Gasteiger partial charge in [0.15, 0.2) is 11.6 Å². The zero-order chi connectivity index (χ0) is 36.3. The summed E-state index contributed by atoms with van der Waals surface area (Å²) in [5.74, 6) is -0.559. The molecule has 0 aromatic heterocycles. The number of rotatable bonds is 22. The number of thioether (sulfide) groups is 2. The molecule has 0 aliphatic carbocycles. The fraction of sp³-hybridized carbons (Fsp3) is 0.500. The third-order valence-corrected chi connectivity index (χ3v) is 8.96. The first-order valence-electron chi connectivity index (χ1n) is 16.7. The van der Waals surface area contributed by atoms with Crippen LogP contribution in [0.2, 0.25) is 0 Å². The number of Topliss-reactive ketones (excluding diaryl/α,β-unsaturated/α-hetero) is 2. The molecule has 0 bridgehead atoms. The number of hydrogen-bond donors (Lipinski definition) is 4. The van der Waals surface area contributed by atoms with Crippen molar-refractivity contribution in [3.63, 3.8) is 0 Å². The normalized spacial score (nSPS) is 10.9. The number of nitrogens with one attached hydrogen (secondary N) is 4. The van der Waals surface area contributed by atoms with Gasteiger partial charge in [-0.1, -0.05) is 41.5 Å². The van der Waals surface area contributed by atoms with Gasteiger partial charge in [0.05, 0.1) is 11.5 Å². The molecule has 0 saturated heterocycles. The Morgan fingerprint density at radius 3 is 1.18 bits per heavy atom. The summed E-state index contributed by atoms with van der Waals surface area (Å²) in [4.78, 5) is 74.8. The fourth-order valence-corrected chi connectivity index (χ4v) is 5.42. The van der Waals surface area contributed by atoms with Crippen LogP contribution in [0, 0.1) is 0 Å². The highest BCUT2D eigenvalue weighted by Crippen LogP contribution is 2.23. The highest BCUT2D eigenvalue weighted by molar-refractivity contribution is 8.00. The van der Waals surface area contributed by atoms with Crippen LogP contribution in [0.4, 0.5) is 22.7 Å². The lowest BCUT2D eigenvalue weighted by atomic mass is 10.0. The number of carbonyl (C=O) groups excluding carboxylic acids is 6. The van der Waals surface area contributed by atoms with Gasteiger partial charge in [0.1, 0.15) is 0 Å². The Morgan fingerprint density at radius 1 is 0.551 bits per heavy atom. The molecule has 0 heterocycles. The van der Waals surface area contributed by atoms with Gasteiger partial charge in [-0.3, -0.25) is 28.8 Å². The zero-order valence-corrected chi connectivity index (χ0v) is 31.0. The Kier molecular flexibility index (Phi) is 18.7. The lowest BCUT2D eigenvalue weighted by Crippen LogP contribution is -2.18. The van der Waals surface area contributed by atoms with Crippen LogP contribution in [0.3, 0.4) is 0 Å². The smallest absolute Gasteiger partial charge is 0.234 e. The third kappa shape index (κ3) is 17.0. The van der Waals surface area contributed by atoms with Gasteiger partial charge >= 0.3 is 0 Å². The van der Waals surface area contributed by atoms with E-state index in [0.717, 1.165) is 0 Å². The first kappa shape index (κ1) is 41.5. The van der Waals surface area contributed by atoms with Crippen molar-refractivity contribution in [2.45, 2.75) is 90.6 Å². The Morgan fingerprint density at radius 2 is 0.878 bits per heavy atom. The van der Waals surface area contributed by atoms with E-state index >= 15 is 0 Å². The predicted octanol–water partition coefficient (Wildman–Crippen LogP) is 7.19. The van der Waals surface area contributed by atoms with Crippen LogP contribution in [0.5, 0.6) is 0 Å². The van der Waals surface area contributed by atoms with Crippen LogP contribution < -0.4 is 21.3 Å². The largest absolute Gasteiger partial charge is 0.381 e. The molecule has 2 aromatic carbocycles. The second-order valence-corrected chi connectivity index (χ2v) is 15.0. The molecule has 0 aliphatic heterocycles. The molecule has 268 valence electrons. The summed E-state index contributed by atoms with van der Waals surface area (Å²) in [6.45, 7) is 12.1. The van der Waals surface area contributed by atoms with Crippen molar-refractivity contribution in [3.8, 4) is 0 Å². The number of amides is 4.